The highest BCUT2D eigenvalue weighted by atomic mass is 16.3. The van der Waals surface area contributed by atoms with Crippen LogP contribution in [0.25, 0.3) is 0 Å². The molecule has 0 saturated carbocycles. The van der Waals surface area contributed by atoms with Crippen molar-refractivity contribution < 1.29 is 10.2 Å². The van der Waals surface area contributed by atoms with Crippen molar-refractivity contribution in [3.8, 4) is 6.07 Å². The van der Waals surface area contributed by atoms with Crippen LogP contribution in [0.15, 0.2) is 30.3 Å². The van der Waals surface area contributed by atoms with E-state index < -0.39 is 6.10 Å². The van der Waals surface area contributed by atoms with Gasteiger partial charge in [0.1, 0.15) is 0 Å². The van der Waals surface area contributed by atoms with Gasteiger partial charge in [-0.25, -0.2) is 0 Å². The smallest absolute Gasteiger partial charge is 0.0897 e. The predicted molar refractivity (Wildman–Crippen MR) is 65.0 cm³/mol. The lowest BCUT2D eigenvalue weighted by Gasteiger charge is -2.23. The summed E-state index contributed by atoms with van der Waals surface area (Å²) in [6.45, 7) is 1.41. The van der Waals surface area contributed by atoms with Crippen molar-refractivity contribution in [3.05, 3.63) is 35.9 Å². The maximum atomic E-state index is 9.43. The van der Waals surface area contributed by atoms with Gasteiger partial charge in [-0.15, -0.1) is 0 Å². The zero-order valence-corrected chi connectivity index (χ0v) is 9.79. The second kappa shape index (κ2) is 7.80. The first-order valence-electron chi connectivity index (χ1n) is 5.68. The SMILES string of the molecule is N#CCCN(Cc1ccccc1)CC(O)CO. The standard InChI is InChI=1S/C13H18N2O2/c14-7-4-8-15(10-13(17)11-16)9-12-5-2-1-3-6-12/h1-3,5-6,13,16-17H,4,8-11H2. The highest BCUT2D eigenvalue weighted by Crippen LogP contribution is 2.05. The van der Waals surface area contributed by atoms with Crippen molar-refractivity contribution in [2.75, 3.05) is 19.7 Å². The normalized spacial score (nSPS) is 12.4. The number of nitriles is 1. The molecule has 0 spiro atoms. The number of benzene rings is 1. The lowest BCUT2D eigenvalue weighted by molar-refractivity contribution is 0.0574. The average molecular weight is 234 g/mol. The van der Waals surface area contributed by atoms with E-state index in [-0.39, 0.29) is 6.61 Å². The van der Waals surface area contributed by atoms with Crippen LogP contribution < -0.4 is 0 Å². The van der Waals surface area contributed by atoms with E-state index in [1.54, 1.807) is 0 Å². The second-order valence-electron chi connectivity index (χ2n) is 3.97. The Morgan fingerprint density at radius 1 is 1.29 bits per heavy atom. The van der Waals surface area contributed by atoms with Crippen molar-refractivity contribution in [1.29, 1.82) is 5.26 Å². The maximum absolute atomic E-state index is 9.43. The monoisotopic (exact) mass is 234 g/mol. The molecule has 4 nitrogen and oxygen atoms in total. The Hall–Kier alpha value is -1.41. The fourth-order valence-electron chi connectivity index (χ4n) is 1.64. The molecule has 92 valence electrons. The number of nitrogens with zero attached hydrogens (tertiary/aromatic N) is 2. The molecule has 0 aliphatic rings. The minimum atomic E-state index is -0.752. The molecule has 0 saturated heterocycles. The van der Waals surface area contributed by atoms with E-state index in [0.29, 0.717) is 26.1 Å². The lowest BCUT2D eigenvalue weighted by Crippen LogP contribution is -2.34. The highest BCUT2D eigenvalue weighted by molar-refractivity contribution is 5.14. The summed E-state index contributed by atoms with van der Waals surface area (Å²) in [4.78, 5) is 1.97. The Morgan fingerprint density at radius 3 is 2.59 bits per heavy atom. The summed E-state index contributed by atoms with van der Waals surface area (Å²) in [5.41, 5.74) is 1.13. The summed E-state index contributed by atoms with van der Waals surface area (Å²) in [6, 6.07) is 12.0. The summed E-state index contributed by atoms with van der Waals surface area (Å²) in [6.07, 6.45) is -0.331. The van der Waals surface area contributed by atoms with Crippen LogP contribution >= 0.6 is 0 Å². The van der Waals surface area contributed by atoms with E-state index in [4.69, 9.17) is 10.4 Å². The van der Waals surface area contributed by atoms with Crippen LogP contribution in [0.2, 0.25) is 0 Å². The lowest BCUT2D eigenvalue weighted by atomic mass is 10.2. The van der Waals surface area contributed by atoms with Crippen LogP contribution in [-0.2, 0) is 6.54 Å². The van der Waals surface area contributed by atoms with E-state index >= 15 is 0 Å². The molecular weight excluding hydrogens is 216 g/mol. The third-order valence-electron chi connectivity index (χ3n) is 2.47. The summed E-state index contributed by atoms with van der Waals surface area (Å²) >= 11 is 0. The number of aliphatic hydroxyl groups is 2. The Morgan fingerprint density at radius 2 is 2.00 bits per heavy atom. The first-order chi connectivity index (χ1) is 8.26. The van der Waals surface area contributed by atoms with Gasteiger partial charge in [0.05, 0.1) is 18.8 Å². The molecule has 1 atom stereocenters. The van der Waals surface area contributed by atoms with Crippen LogP contribution in [0.3, 0.4) is 0 Å². The molecule has 0 bridgehead atoms. The van der Waals surface area contributed by atoms with Gasteiger partial charge >= 0.3 is 0 Å². The van der Waals surface area contributed by atoms with Crippen LogP contribution in [0.1, 0.15) is 12.0 Å². The molecule has 4 heteroatoms. The van der Waals surface area contributed by atoms with Crippen molar-refractivity contribution in [2.45, 2.75) is 19.1 Å². The van der Waals surface area contributed by atoms with E-state index in [2.05, 4.69) is 6.07 Å². The zero-order chi connectivity index (χ0) is 12.5. The summed E-state index contributed by atoms with van der Waals surface area (Å²) in [5, 5.41) is 26.8. The second-order valence-corrected chi connectivity index (χ2v) is 3.97. The van der Waals surface area contributed by atoms with Gasteiger partial charge in [-0.1, -0.05) is 30.3 Å². The van der Waals surface area contributed by atoms with Crippen LogP contribution in [0.5, 0.6) is 0 Å². The number of hydrogen-bond acceptors (Lipinski definition) is 4. The van der Waals surface area contributed by atoms with Gasteiger partial charge in [0, 0.05) is 26.1 Å². The van der Waals surface area contributed by atoms with Crippen molar-refractivity contribution in [2.24, 2.45) is 0 Å². The largest absolute Gasteiger partial charge is 0.394 e. The molecule has 0 aliphatic carbocycles. The van der Waals surface area contributed by atoms with Gasteiger partial charge in [-0.05, 0) is 5.56 Å². The van der Waals surface area contributed by atoms with Gasteiger partial charge in [0.15, 0.2) is 0 Å². The van der Waals surface area contributed by atoms with E-state index in [0.717, 1.165) is 5.56 Å². The van der Waals surface area contributed by atoms with Crippen molar-refractivity contribution >= 4 is 0 Å². The zero-order valence-electron chi connectivity index (χ0n) is 9.79. The predicted octanol–water partition coefficient (Wildman–Crippen LogP) is 0.755. The quantitative estimate of drug-likeness (QED) is 0.730. The average Bonchev–Trinajstić information content (AvgIpc) is 2.37. The first kappa shape index (κ1) is 13.7. The number of aliphatic hydroxyl groups excluding tert-OH is 2. The molecule has 0 fully saturated rings. The first-order valence-corrected chi connectivity index (χ1v) is 5.68. The molecule has 1 aromatic rings. The van der Waals surface area contributed by atoms with Crippen LogP contribution in [-0.4, -0.2) is 40.9 Å². The fourth-order valence-corrected chi connectivity index (χ4v) is 1.64. The Kier molecular flexibility index (Phi) is 6.26. The fraction of sp³-hybridized carbons (Fsp3) is 0.462. The van der Waals surface area contributed by atoms with Gasteiger partial charge in [-0.2, -0.15) is 5.26 Å². The topological polar surface area (TPSA) is 67.5 Å². The summed E-state index contributed by atoms with van der Waals surface area (Å²) in [5.74, 6) is 0. The van der Waals surface area contributed by atoms with E-state index in [1.807, 2.05) is 35.2 Å². The number of rotatable bonds is 7. The highest BCUT2D eigenvalue weighted by Gasteiger charge is 2.11. The third-order valence-corrected chi connectivity index (χ3v) is 2.47. The minimum Gasteiger partial charge on any atom is -0.394 e. The molecule has 0 radical (unpaired) electrons. The Bertz CT molecular complexity index is 348. The van der Waals surface area contributed by atoms with Gasteiger partial charge < -0.3 is 10.2 Å². The molecule has 0 aromatic heterocycles. The maximum Gasteiger partial charge on any atom is 0.0897 e. The van der Waals surface area contributed by atoms with Crippen molar-refractivity contribution in [1.82, 2.24) is 4.90 Å². The minimum absolute atomic E-state index is 0.252. The van der Waals surface area contributed by atoms with E-state index in [9.17, 15) is 5.11 Å². The Balaban J connectivity index is 2.54. The van der Waals surface area contributed by atoms with E-state index in [1.165, 1.54) is 0 Å². The third kappa shape index (κ3) is 5.45. The van der Waals surface area contributed by atoms with Gasteiger partial charge in [0.2, 0.25) is 0 Å². The molecular formula is C13H18N2O2. The molecule has 1 aromatic carbocycles. The summed E-state index contributed by atoms with van der Waals surface area (Å²) in [7, 11) is 0. The van der Waals surface area contributed by atoms with Gasteiger partial charge in [0.25, 0.3) is 0 Å². The molecule has 2 N–H and O–H groups in total. The van der Waals surface area contributed by atoms with Gasteiger partial charge in [-0.3, -0.25) is 4.90 Å². The van der Waals surface area contributed by atoms with Crippen LogP contribution in [0, 0.1) is 11.3 Å². The number of hydrogen-bond donors (Lipinski definition) is 2. The molecule has 0 amide bonds. The molecule has 0 heterocycles. The Labute approximate surface area is 102 Å². The molecule has 0 aliphatic heterocycles. The van der Waals surface area contributed by atoms with Crippen LogP contribution in [0.4, 0.5) is 0 Å². The summed E-state index contributed by atoms with van der Waals surface area (Å²) < 4.78 is 0. The molecule has 1 rings (SSSR count). The molecule has 1 unspecified atom stereocenters. The molecule has 17 heavy (non-hydrogen) atoms. The van der Waals surface area contributed by atoms with Crippen molar-refractivity contribution in [3.63, 3.8) is 0 Å².